The molecule has 0 atom stereocenters. The summed E-state index contributed by atoms with van der Waals surface area (Å²) in [7, 11) is 0. The van der Waals surface area contributed by atoms with Gasteiger partial charge in [0, 0.05) is 15.3 Å². The van der Waals surface area contributed by atoms with Crippen LogP contribution in [0.25, 0.3) is 0 Å². The smallest absolute Gasteiger partial charge is 0.251 e. The summed E-state index contributed by atoms with van der Waals surface area (Å²) >= 11 is 8.86. The maximum absolute atomic E-state index is 13.0. The highest BCUT2D eigenvalue weighted by Gasteiger charge is 2.08. The fourth-order valence-electron chi connectivity index (χ4n) is 1.37. The highest BCUT2D eigenvalue weighted by Crippen LogP contribution is 2.22. The van der Waals surface area contributed by atoms with Gasteiger partial charge in [0.15, 0.2) is 0 Å². The van der Waals surface area contributed by atoms with E-state index >= 15 is 0 Å². The van der Waals surface area contributed by atoms with Gasteiger partial charge >= 0.3 is 0 Å². The summed E-state index contributed by atoms with van der Waals surface area (Å²) in [6, 6.07) is 7.95. The molecule has 1 amide bonds. The van der Waals surface area contributed by atoms with Crippen molar-refractivity contribution in [3.05, 3.63) is 50.4 Å². The Kier molecular flexibility index (Phi) is 4.42. The predicted molar refractivity (Wildman–Crippen MR) is 76.8 cm³/mol. The Labute approximate surface area is 122 Å². The Balaban J connectivity index is 2.01. The number of halogens is 2. The molecular weight excluding hydrogens is 337 g/mol. The molecule has 0 aliphatic carbocycles. The van der Waals surface area contributed by atoms with Gasteiger partial charge in [0.25, 0.3) is 5.91 Å². The van der Waals surface area contributed by atoms with Crippen molar-refractivity contribution in [3.8, 4) is 0 Å². The van der Waals surface area contributed by atoms with Gasteiger partial charge in [0.05, 0.1) is 10.3 Å². The van der Waals surface area contributed by atoms with Gasteiger partial charge in [-0.2, -0.15) is 0 Å². The van der Waals surface area contributed by atoms with Crippen molar-refractivity contribution in [1.29, 1.82) is 0 Å². The van der Waals surface area contributed by atoms with Gasteiger partial charge in [-0.1, -0.05) is 0 Å². The summed E-state index contributed by atoms with van der Waals surface area (Å²) in [5.41, 5.74) is 0.400. The first kappa shape index (κ1) is 13.6. The van der Waals surface area contributed by atoms with E-state index in [9.17, 15) is 9.18 Å². The van der Waals surface area contributed by atoms with Crippen molar-refractivity contribution in [3.63, 3.8) is 0 Å². The van der Waals surface area contributed by atoms with Crippen LogP contribution in [0.3, 0.4) is 0 Å². The number of carbonyl (C=O) groups is 1. The van der Waals surface area contributed by atoms with E-state index in [0.29, 0.717) is 12.1 Å². The lowest BCUT2D eigenvalue weighted by Gasteiger charge is -2.04. The zero-order valence-electron chi connectivity index (χ0n) is 9.11. The molecule has 0 fully saturated rings. The van der Waals surface area contributed by atoms with Crippen LogP contribution < -0.4 is 5.32 Å². The lowest BCUT2D eigenvalue weighted by atomic mass is 10.2. The van der Waals surface area contributed by atoms with Crippen LogP contribution in [0.5, 0.6) is 0 Å². The molecule has 0 bridgehead atoms. The molecule has 1 heterocycles. The quantitative estimate of drug-likeness (QED) is 0.812. The summed E-state index contributed by atoms with van der Waals surface area (Å²) in [5, 5.41) is 2.77. The second-order valence-electron chi connectivity index (χ2n) is 3.55. The minimum Gasteiger partial charge on any atom is -0.347 e. The lowest BCUT2D eigenvalue weighted by Crippen LogP contribution is -2.22. The van der Waals surface area contributed by atoms with Crippen LogP contribution in [0.15, 0.2) is 39.0 Å². The SMILES string of the molecule is O=C(NCc1ccc(Br)s1)c1ccc(F)c(S)c1. The largest absolute Gasteiger partial charge is 0.347 e. The number of hydrogen-bond acceptors (Lipinski definition) is 3. The van der Waals surface area contributed by atoms with Crippen LogP contribution in [-0.2, 0) is 6.54 Å². The molecule has 94 valence electrons. The van der Waals surface area contributed by atoms with Crippen LogP contribution in [0.4, 0.5) is 4.39 Å². The van der Waals surface area contributed by atoms with Crippen molar-refractivity contribution >= 4 is 45.8 Å². The van der Waals surface area contributed by atoms with E-state index in [1.165, 1.54) is 18.2 Å². The molecule has 1 aromatic heterocycles. The molecule has 0 radical (unpaired) electrons. The van der Waals surface area contributed by atoms with Crippen LogP contribution in [0.1, 0.15) is 15.2 Å². The summed E-state index contributed by atoms with van der Waals surface area (Å²) in [6.07, 6.45) is 0. The van der Waals surface area contributed by atoms with Crippen molar-refractivity contribution in [1.82, 2.24) is 5.32 Å². The van der Waals surface area contributed by atoms with Gasteiger partial charge in [-0.3, -0.25) is 4.79 Å². The number of nitrogens with one attached hydrogen (secondary N) is 1. The average Bonchev–Trinajstić information content (AvgIpc) is 2.75. The van der Waals surface area contributed by atoms with Gasteiger partial charge < -0.3 is 5.32 Å². The number of thiol groups is 1. The Hall–Kier alpha value is -0.850. The Morgan fingerprint density at radius 3 is 2.78 bits per heavy atom. The van der Waals surface area contributed by atoms with E-state index in [1.54, 1.807) is 11.3 Å². The first-order valence-corrected chi connectivity index (χ1v) is 7.13. The second-order valence-corrected chi connectivity index (χ2v) is 6.58. The number of carbonyl (C=O) groups excluding carboxylic acids is 1. The van der Waals surface area contributed by atoms with Crippen molar-refractivity contribution < 1.29 is 9.18 Å². The summed E-state index contributed by atoms with van der Waals surface area (Å²) in [5.74, 6) is -0.674. The molecule has 1 N–H and O–H groups in total. The van der Waals surface area contributed by atoms with E-state index in [-0.39, 0.29) is 10.8 Å². The van der Waals surface area contributed by atoms with Gasteiger partial charge in [-0.15, -0.1) is 24.0 Å². The zero-order valence-corrected chi connectivity index (χ0v) is 12.4. The van der Waals surface area contributed by atoms with Crippen molar-refractivity contribution in [2.45, 2.75) is 11.4 Å². The van der Waals surface area contributed by atoms with Gasteiger partial charge in [-0.25, -0.2) is 4.39 Å². The number of hydrogen-bond donors (Lipinski definition) is 2. The molecule has 18 heavy (non-hydrogen) atoms. The molecule has 2 rings (SSSR count). The van der Waals surface area contributed by atoms with Crippen LogP contribution in [0.2, 0.25) is 0 Å². The maximum atomic E-state index is 13.0. The summed E-state index contributed by atoms with van der Waals surface area (Å²) in [6.45, 7) is 0.453. The maximum Gasteiger partial charge on any atom is 0.251 e. The fraction of sp³-hybridized carbons (Fsp3) is 0.0833. The van der Waals surface area contributed by atoms with Gasteiger partial charge in [0.1, 0.15) is 5.82 Å². The molecule has 0 saturated carbocycles. The first-order valence-electron chi connectivity index (χ1n) is 5.07. The minimum atomic E-state index is -0.433. The predicted octanol–water partition coefficient (Wildman–Crippen LogP) is 3.87. The van der Waals surface area contributed by atoms with E-state index in [4.69, 9.17) is 0 Å². The minimum absolute atomic E-state index is 0.168. The fourth-order valence-corrected chi connectivity index (χ4v) is 3.01. The molecular formula is C12H9BrFNOS2. The summed E-state index contributed by atoms with van der Waals surface area (Å²) < 4.78 is 14.0. The van der Waals surface area contributed by atoms with E-state index in [0.717, 1.165) is 8.66 Å². The van der Waals surface area contributed by atoms with Gasteiger partial charge in [-0.05, 0) is 46.3 Å². The number of benzene rings is 1. The number of rotatable bonds is 3. The third-order valence-electron chi connectivity index (χ3n) is 2.26. The standard InChI is InChI=1S/C12H9BrFNOS2/c13-11-4-2-8(18-11)6-15-12(16)7-1-3-9(14)10(17)5-7/h1-5,17H,6H2,(H,15,16). The third-order valence-corrected chi connectivity index (χ3v) is 4.23. The van der Waals surface area contributed by atoms with Crippen molar-refractivity contribution in [2.24, 2.45) is 0 Å². The monoisotopic (exact) mass is 345 g/mol. The molecule has 0 aliphatic rings. The first-order chi connectivity index (χ1) is 8.56. The number of thiophene rings is 1. The van der Waals surface area contributed by atoms with E-state index in [2.05, 4.69) is 33.9 Å². The molecule has 1 aromatic carbocycles. The molecule has 0 saturated heterocycles. The molecule has 2 nitrogen and oxygen atoms in total. The molecule has 0 spiro atoms. The highest BCUT2D eigenvalue weighted by atomic mass is 79.9. The van der Waals surface area contributed by atoms with Gasteiger partial charge in [0.2, 0.25) is 0 Å². The zero-order chi connectivity index (χ0) is 13.1. The topological polar surface area (TPSA) is 29.1 Å². The number of amides is 1. The highest BCUT2D eigenvalue weighted by molar-refractivity contribution is 9.11. The van der Waals surface area contributed by atoms with E-state index < -0.39 is 5.82 Å². The normalized spacial score (nSPS) is 10.4. The molecule has 6 heteroatoms. The van der Waals surface area contributed by atoms with Crippen LogP contribution in [0, 0.1) is 5.82 Å². The molecule has 2 aromatic rings. The Morgan fingerprint density at radius 1 is 1.39 bits per heavy atom. The Bertz CT molecular complexity index is 585. The summed E-state index contributed by atoms with van der Waals surface area (Å²) in [4.78, 5) is 13.0. The van der Waals surface area contributed by atoms with Crippen LogP contribution in [-0.4, -0.2) is 5.91 Å². The van der Waals surface area contributed by atoms with Crippen molar-refractivity contribution in [2.75, 3.05) is 0 Å². The average molecular weight is 346 g/mol. The van der Waals surface area contributed by atoms with Crippen LogP contribution >= 0.6 is 39.9 Å². The lowest BCUT2D eigenvalue weighted by molar-refractivity contribution is 0.0951. The third kappa shape index (κ3) is 3.34. The molecule has 0 aliphatic heterocycles. The second kappa shape index (κ2) is 5.86. The Morgan fingerprint density at radius 2 is 2.17 bits per heavy atom. The molecule has 0 unspecified atom stereocenters. The van der Waals surface area contributed by atoms with E-state index in [1.807, 2.05) is 12.1 Å².